The van der Waals surface area contributed by atoms with Crippen LogP contribution in [0.1, 0.15) is 32.6 Å². The van der Waals surface area contributed by atoms with Gasteiger partial charge in [-0.3, -0.25) is 4.79 Å². The van der Waals surface area contributed by atoms with Gasteiger partial charge in [0.05, 0.1) is 0 Å². The third kappa shape index (κ3) is 2.38. The predicted molar refractivity (Wildman–Crippen MR) is 40.1 cm³/mol. The van der Waals surface area contributed by atoms with Crippen molar-refractivity contribution >= 4 is 5.91 Å². The van der Waals surface area contributed by atoms with Crippen LogP contribution in [-0.2, 0) is 4.79 Å². The van der Waals surface area contributed by atoms with Crippen molar-refractivity contribution < 1.29 is 4.79 Å². The molecule has 1 rings (SSSR count). The molecule has 0 atom stereocenters. The minimum atomic E-state index is 0.216. The van der Waals surface area contributed by atoms with Gasteiger partial charge in [0.15, 0.2) is 0 Å². The van der Waals surface area contributed by atoms with Gasteiger partial charge in [-0.1, -0.05) is 13.3 Å². The zero-order valence-electron chi connectivity index (χ0n) is 6.39. The van der Waals surface area contributed by atoms with Gasteiger partial charge in [-0.15, -0.1) is 0 Å². The third-order valence-corrected chi connectivity index (χ3v) is 1.63. The first-order chi connectivity index (χ1) is 4.84. The van der Waals surface area contributed by atoms with Crippen LogP contribution in [0.4, 0.5) is 0 Å². The maximum absolute atomic E-state index is 10.9. The number of hydrogen-bond donors (Lipinski definition) is 1. The van der Waals surface area contributed by atoms with Crippen LogP contribution >= 0.6 is 0 Å². The van der Waals surface area contributed by atoms with Gasteiger partial charge >= 0.3 is 0 Å². The molecule has 0 aromatic heterocycles. The lowest BCUT2D eigenvalue weighted by Gasteiger charge is -1.99. The Morgan fingerprint density at radius 3 is 2.90 bits per heavy atom. The van der Waals surface area contributed by atoms with Crippen molar-refractivity contribution in [1.82, 2.24) is 5.32 Å². The van der Waals surface area contributed by atoms with Gasteiger partial charge in [-0.25, -0.2) is 0 Å². The number of rotatable bonds is 4. The number of hydrogen-bond acceptors (Lipinski definition) is 1. The summed E-state index contributed by atoms with van der Waals surface area (Å²) in [4.78, 5) is 10.9. The summed E-state index contributed by atoms with van der Waals surface area (Å²) in [5.74, 6) is 0.557. The topological polar surface area (TPSA) is 29.1 Å². The highest BCUT2D eigenvalue weighted by Crippen LogP contribution is 2.28. The van der Waals surface area contributed by atoms with Crippen LogP contribution < -0.4 is 5.32 Å². The summed E-state index contributed by atoms with van der Waals surface area (Å²) < 4.78 is 0. The third-order valence-electron chi connectivity index (χ3n) is 1.63. The van der Waals surface area contributed by atoms with Crippen molar-refractivity contribution in [3.63, 3.8) is 0 Å². The summed E-state index contributed by atoms with van der Waals surface area (Å²) in [6.45, 7) is 3.96. The standard InChI is InChI=1S/C8H14NO/c1-2-3-6-9-8(10)7-4-5-7/h6-7H,2-5H2,1H3,(H,9,10). The lowest BCUT2D eigenvalue weighted by atomic mass is 10.3. The van der Waals surface area contributed by atoms with Gasteiger partial charge < -0.3 is 5.32 Å². The van der Waals surface area contributed by atoms with E-state index < -0.39 is 0 Å². The van der Waals surface area contributed by atoms with E-state index in [4.69, 9.17) is 0 Å². The number of unbranched alkanes of at least 4 members (excludes halogenated alkanes) is 1. The van der Waals surface area contributed by atoms with Gasteiger partial charge in [-0.05, 0) is 19.3 Å². The second-order valence-corrected chi connectivity index (χ2v) is 2.78. The molecule has 10 heavy (non-hydrogen) atoms. The Morgan fingerprint density at radius 1 is 1.70 bits per heavy atom. The van der Waals surface area contributed by atoms with Crippen LogP contribution in [0.3, 0.4) is 0 Å². The maximum atomic E-state index is 10.9. The smallest absolute Gasteiger partial charge is 0.223 e. The summed E-state index contributed by atoms with van der Waals surface area (Å²) >= 11 is 0. The average Bonchev–Trinajstić information content (AvgIpc) is 2.69. The Balaban J connectivity index is 1.95. The molecule has 57 valence electrons. The van der Waals surface area contributed by atoms with Gasteiger partial charge in [0.25, 0.3) is 0 Å². The van der Waals surface area contributed by atoms with Crippen molar-refractivity contribution in [2.75, 3.05) is 0 Å². The number of carbonyl (C=O) groups excluding carboxylic acids is 1. The summed E-state index contributed by atoms with van der Waals surface area (Å²) in [6.07, 6.45) is 4.26. The number of carbonyl (C=O) groups is 1. The van der Waals surface area contributed by atoms with Gasteiger partial charge in [0, 0.05) is 12.5 Å². The number of nitrogens with one attached hydrogen (secondary N) is 1. The van der Waals surface area contributed by atoms with Crippen LogP contribution in [0.2, 0.25) is 0 Å². The van der Waals surface area contributed by atoms with E-state index in [1.807, 2.05) is 6.54 Å². The van der Waals surface area contributed by atoms with E-state index in [2.05, 4.69) is 12.2 Å². The summed E-state index contributed by atoms with van der Waals surface area (Å²) in [5, 5.41) is 2.78. The molecule has 1 amide bonds. The Kier molecular flexibility index (Phi) is 2.72. The van der Waals surface area contributed by atoms with Crippen LogP contribution in [-0.4, -0.2) is 5.91 Å². The first kappa shape index (κ1) is 7.58. The van der Waals surface area contributed by atoms with Crippen LogP contribution in [0.5, 0.6) is 0 Å². The molecular formula is C8H14NO. The van der Waals surface area contributed by atoms with Crippen LogP contribution in [0.15, 0.2) is 0 Å². The molecule has 1 aliphatic carbocycles. The largest absolute Gasteiger partial charge is 0.351 e. The Hall–Kier alpha value is -0.530. The molecule has 0 aliphatic heterocycles. The van der Waals surface area contributed by atoms with E-state index in [0.29, 0.717) is 5.92 Å². The Bertz CT molecular complexity index is 118. The van der Waals surface area contributed by atoms with E-state index in [1.54, 1.807) is 0 Å². The molecule has 2 nitrogen and oxygen atoms in total. The molecule has 1 N–H and O–H groups in total. The molecule has 1 saturated carbocycles. The molecule has 0 bridgehead atoms. The van der Waals surface area contributed by atoms with E-state index >= 15 is 0 Å². The highest BCUT2D eigenvalue weighted by atomic mass is 16.2. The predicted octanol–water partition coefficient (Wildman–Crippen LogP) is 1.47. The second kappa shape index (κ2) is 3.59. The fraction of sp³-hybridized carbons (Fsp3) is 0.750. The normalized spacial score (nSPS) is 16.9. The van der Waals surface area contributed by atoms with E-state index in [0.717, 1.165) is 25.7 Å². The molecule has 2 heteroatoms. The van der Waals surface area contributed by atoms with Crippen LogP contribution in [0, 0.1) is 12.5 Å². The van der Waals surface area contributed by atoms with Crippen molar-refractivity contribution in [2.45, 2.75) is 32.6 Å². The van der Waals surface area contributed by atoms with Gasteiger partial charge in [0.2, 0.25) is 5.91 Å². The molecule has 0 saturated heterocycles. The molecule has 0 unspecified atom stereocenters. The van der Waals surface area contributed by atoms with Crippen molar-refractivity contribution in [2.24, 2.45) is 5.92 Å². The lowest BCUT2D eigenvalue weighted by Crippen LogP contribution is -2.21. The molecule has 0 aromatic rings. The van der Waals surface area contributed by atoms with E-state index in [1.165, 1.54) is 0 Å². The highest BCUT2D eigenvalue weighted by Gasteiger charge is 2.28. The van der Waals surface area contributed by atoms with Crippen molar-refractivity contribution in [3.8, 4) is 0 Å². The minimum Gasteiger partial charge on any atom is -0.351 e. The lowest BCUT2D eigenvalue weighted by molar-refractivity contribution is -0.121. The second-order valence-electron chi connectivity index (χ2n) is 2.78. The van der Waals surface area contributed by atoms with Gasteiger partial charge in [0.1, 0.15) is 0 Å². The molecule has 1 radical (unpaired) electrons. The Morgan fingerprint density at radius 2 is 2.40 bits per heavy atom. The molecule has 0 spiro atoms. The first-order valence-electron chi connectivity index (χ1n) is 3.96. The molecule has 0 aromatic carbocycles. The van der Waals surface area contributed by atoms with Gasteiger partial charge in [-0.2, -0.15) is 0 Å². The Labute approximate surface area is 62.0 Å². The van der Waals surface area contributed by atoms with Crippen LogP contribution in [0.25, 0.3) is 0 Å². The highest BCUT2D eigenvalue weighted by molar-refractivity contribution is 5.81. The van der Waals surface area contributed by atoms with Crippen molar-refractivity contribution in [1.29, 1.82) is 0 Å². The molecule has 0 heterocycles. The fourth-order valence-electron chi connectivity index (χ4n) is 0.780. The molecular weight excluding hydrogens is 126 g/mol. The van der Waals surface area contributed by atoms with E-state index in [-0.39, 0.29) is 5.91 Å². The minimum absolute atomic E-state index is 0.216. The quantitative estimate of drug-likeness (QED) is 0.589. The summed E-state index contributed by atoms with van der Waals surface area (Å²) in [6, 6.07) is 0. The number of amides is 1. The zero-order valence-corrected chi connectivity index (χ0v) is 6.39. The monoisotopic (exact) mass is 140 g/mol. The molecule has 1 fully saturated rings. The zero-order chi connectivity index (χ0) is 7.40. The first-order valence-corrected chi connectivity index (χ1v) is 3.96. The van der Waals surface area contributed by atoms with E-state index in [9.17, 15) is 4.79 Å². The average molecular weight is 140 g/mol. The fourth-order valence-corrected chi connectivity index (χ4v) is 0.780. The molecule has 1 aliphatic rings. The summed E-state index contributed by atoms with van der Waals surface area (Å²) in [5.41, 5.74) is 0. The maximum Gasteiger partial charge on any atom is 0.223 e. The SMILES string of the molecule is CCC[CH]NC(=O)C1CC1. The summed E-state index contributed by atoms with van der Waals surface area (Å²) in [7, 11) is 0. The van der Waals surface area contributed by atoms with Crippen molar-refractivity contribution in [3.05, 3.63) is 6.54 Å².